The molecule has 3 nitrogen and oxygen atoms in total. The van der Waals surface area contributed by atoms with Gasteiger partial charge in [0.15, 0.2) is 0 Å². The lowest BCUT2D eigenvalue weighted by atomic mass is 9.76. The van der Waals surface area contributed by atoms with Crippen molar-refractivity contribution in [3.8, 4) is 0 Å². The minimum absolute atomic E-state index is 0.513. The van der Waals surface area contributed by atoms with Gasteiger partial charge in [0.2, 0.25) is 0 Å². The molecule has 1 heterocycles. The molecule has 17 heavy (non-hydrogen) atoms. The maximum absolute atomic E-state index is 5.33. The zero-order valence-corrected chi connectivity index (χ0v) is 11.4. The zero-order chi connectivity index (χ0) is 12.1. The van der Waals surface area contributed by atoms with Crippen LogP contribution in [0.25, 0.3) is 0 Å². The summed E-state index contributed by atoms with van der Waals surface area (Å²) in [4.78, 5) is 0. The highest BCUT2D eigenvalue weighted by Gasteiger charge is 2.34. The summed E-state index contributed by atoms with van der Waals surface area (Å²) in [6.07, 6.45) is 8.30. The van der Waals surface area contributed by atoms with E-state index in [-0.39, 0.29) is 0 Å². The van der Waals surface area contributed by atoms with Crippen molar-refractivity contribution in [2.45, 2.75) is 57.6 Å². The molecular formula is C14H28N2O. The molecule has 0 amide bonds. The number of hydrogen-bond acceptors (Lipinski definition) is 3. The van der Waals surface area contributed by atoms with E-state index in [1.54, 1.807) is 0 Å². The predicted octanol–water partition coefficient (Wildman–Crippen LogP) is 1.92. The molecule has 1 aliphatic heterocycles. The Kier molecular flexibility index (Phi) is 4.83. The van der Waals surface area contributed by atoms with Gasteiger partial charge in [-0.3, -0.25) is 0 Å². The average Bonchev–Trinajstić information content (AvgIpc) is 2.29. The van der Waals surface area contributed by atoms with Crippen LogP contribution in [-0.4, -0.2) is 38.9 Å². The molecule has 1 saturated carbocycles. The lowest BCUT2D eigenvalue weighted by Gasteiger charge is -2.42. The van der Waals surface area contributed by atoms with Crippen LogP contribution in [0.3, 0.4) is 0 Å². The molecule has 0 aromatic rings. The Bertz CT molecular complexity index is 215. The van der Waals surface area contributed by atoms with E-state index < -0.39 is 0 Å². The van der Waals surface area contributed by atoms with Crippen LogP contribution in [-0.2, 0) is 4.74 Å². The third kappa shape index (κ3) is 3.43. The normalized spacial score (nSPS) is 37.8. The smallest absolute Gasteiger partial charge is 0.0601 e. The first-order valence-corrected chi connectivity index (χ1v) is 7.25. The summed E-state index contributed by atoms with van der Waals surface area (Å²) >= 11 is 0. The van der Waals surface area contributed by atoms with Gasteiger partial charge in [0.05, 0.1) is 6.10 Å². The van der Waals surface area contributed by atoms with Gasteiger partial charge in [-0.1, -0.05) is 13.3 Å². The van der Waals surface area contributed by atoms with Crippen molar-refractivity contribution in [1.82, 2.24) is 10.6 Å². The molecule has 0 aromatic heterocycles. The van der Waals surface area contributed by atoms with Crippen molar-refractivity contribution in [2.75, 3.05) is 26.7 Å². The first kappa shape index (κ1) is 13.3. The maximum atomic E-state index is 5.33. The van der Waals surface area contributed by atoms with Crippen LogP contribution in [0.4, 0.5) is 0 Å². The van der Waals surface area contributed by atoms with E-state index in [9.17, 15) is 0 Å². The Morgan fingerprint density at radius 1 is 1.41 bits per heavy atom. The van der Waals surface area contributed by atoms with E-state index >= 15 is 0 Å². The van der Waals surface area contributed by atoms with Crippen LogP contribution in [0, 0.1) is 5.41 Å². The fourth-order valence-corrected chi connectivity index (χ4v) is 3.30. The van der Waals surface area contributed by atoms with Crippen LogP contribution >= 0.6 is 0 Å². The number of ether oxygens (including phenoxy) is 1. The van der Waals surface area contributed by atoms with Gasteiger partial charge in [0.25, 0.3) is 0 Å². The molecule has 1 saturated heterocycles. The lowest BCUT2D eigenvalue weighted by Crippen LogP contribution is -2.52. The van der Waals surface area contributed by atoms with E-state index in [0.29, 0.717) is 17.6 Å². The van der Waals surface area contributed by atoms with E-state index in [2.05, 4.69) is 17.6 Å². The van der Waals surface area contributed by atoms with Gasteiger partial charge in [0, 0.05) is 26.2 Å². The first-order valence-electron chi connectivity index (χ1n) is 7.25. The summed E-state index contributed by atoms with van der Waals surface area (Å²) in [6.45, 7) is 5.91. The minimum atomic E-state index is 0.513. The molecule has 0 bridgehead atoms. The van der Waals surface area contributed by atoms with Crippen molar-refractivity contribution >= 4 is 0 Å². The summed E-state index contributed by atoms with van der Waals surface area (Å²) in [6, 6.07) is 0.704. The molecule has 1 atom stereocenters. The highest BCUT2D eigenvalue weighted by atomic mass is 16.5. The molecule has 100 valence electrons. The molecule has 2 N–H and O–H groups in total. The van der Waals surface area contributed by atoms with Crippen molar-refractivity contribution in [1.29, 1.82) is 0 Å². The van der Waals surface area contributed by atoms with Gasteiger partial charge in [-0.15, -0.1) is 0 Å². The molecule has 0 aromatic carbocycles. The molecule has 2 fully saturated rings. The number of piperidine rings is 1. The average molecular weight is 240 g/mol. The van der Waals surface area contributed by atoms with Crippen LogP contribution in [0.2, 0.25) is 0 Å². The quantitative estimate of drug-likeness (QED) is 0.744. The summed E-state index contributed by atoms with van der Waals surface area (Å²) in [7, 11) is 1.82. The van der Waals surface area contributed by atoms with Gasteiger partial charge in [-0.05, 0) is 44.1 Å². The summed E-state index contributed by atoms with van der Waals surface area (Å²) in [5.74, 6) is 0. The van der Waals surface area contributed by atoms with Crippen LogP contribution in [0.1, 0.15) is 45.4 Å². The predicted molar refractivity (Wildman–Crippen MR) is 71.3 cm³/mol. The third-order valence-corrected chi connectivity index (χ3v) is 4.53. The van der Waals surface area contributed by atoms with Crippen molar-refractivity contribution < 1.29 is 4.74 Å². The maximum Gasteiger partial charge on any atom is 0.0601 e. The second-order valence-electron chi connectivity index (χ2n) is 5.94. The Morgan fingerprint density at radius 2 is 2.24 bits per heavy atom. The highest BCUT2D eigenvalue weighted by molar-refractivity contribution is 4.92. The highest BCUT2D eigenvalue weighted by Crippen LogP contribution is 2.32. The third-order valence-electron chi connectivity index (χ3n) is 4.53. The molecular weight excluding hydrogens is 212 g/mol. The first-order chi connectivity index (χ1) is 8.28. The van der Waals surface area contributed by atoms with E-state index in [4.69, 9.17) is 4.74 Å². The standard InChI is InChI=1S/C14H28N2O/c1-3-5-14(6-4-7-15-10-14)11-16-12-8-13(9-12)17-2/h12-13,15-16H,3-11H2,1-2H3. The second-order valence-corrected chi connectivity index (χ2v) is 5.94. The van der Waals surface area contributed by atoms with Gasteiger partial charge in [0.1, 0.15) is 0 Å². The second kappa shape index (κ2) is 6.17. The Labute approximate surface area is 106 Å². The van der Waals surface area contributed by atoms with E-state index in [1.807, 2.05) is 7.11 Å². The zero-order valence-electron chi connectivity index (χ0n) is 11.4. The minimum Gasteiger partial charge on any atom is -0.381 e. The van der Waals surface area contributed by atoms with Gasteiger partial charge < -0.3 is 15.4 Å². The van der Waals surface area contributed by atoms with E-state index in [0.717, 1.165) is 0 Å². The largest absolute Gasteiger partial charge is 0.381 e. The molecule has 1 aliphatic carbocycles. The SMILES string of the molecule is CCCC1(CNC2CC(OC)C2)CCCNC1. The van der Waals surface area contributed by atoms with Crippen molar-refractivity contribution in [3.63, 3.8) is 0 Å². The fraction of sp³-hybridized carbons (Fsp3) is 1.00. The number of rotatable bonds is 6. The fourth-order valence-electron chi connectivity index (χ4n) is 3.30. The molecule has 1 unspecified atom stereocenters. The monoisotopic (exact) mass is 240 g/mol. The lowest BCUT2D eigenvalue weighted by molar-refractivity contribution is 0.0126. The van der Waals surface area contributed by atoms with Gasteiger partial charge in [-0.25, -0.2) is 0 Å². The van der Waals surface area contributed by atoms with Crippen LogP contribution < -0.4 is 10.6 Å². The molecule has 2 rings (SSSR count). The van der Waals surface area contributed by atoms with Crippen LogP contribution in [0.5, 0.6) is 0 Å². The van der Waals surface area contributed by atoms with Crippen LogP contribution in [0.15, 0.2) is 0 Å². The molecule has 0 radical (unpaired) electrons. The molecule has 3 heteroatoms. The number of nitrogens with one attached hydrogen (secondary N) is 2. The number of hydrogen-bond donors (Lipinski definition) is 2. The van der Waals surface area contributed by atoms with E-state index in [1.165, 1.54) is 58.2 Å². The van der Waals surface area contributed by atoms with Crippen molar-refractivity contribution in [3.05, 3.63) is 0 Å². The van der Waals surface area contributed by atoms with Crippen molar-refractivity contribution in [2.24, 2.45) is 5.41 Å². The summed E-state index contributed by atoms with van der Waals surface area (Å²) < 4.78 is 5.33. The summed E-state index contributed by atoms with van der Waals surface area (Å²) in [5, 5.41) is 7.33. The Balaban J connectivity index is 1.74. The molecule has 0 spiro atoms. The Morgan fingerprint density at radius 3 is 2.82 bits per heavy atom. The topological polar surface area (TPSA) is 33.3 Å². The Hall–Kier alpha value is -0.120. The van der Waals surface area contributed by atoms with Gasteiger partial charge in [-0.2, -0.15) is 0 Å². The molecule has 2 aliphatic rings. The number of methoxy groups -OCH3 is 1. The van der Waals surface area contributed by atoms with Gasteiger partial charge >= 0.3 is 0 Å². The summed E-state index contributed by atoms with van der Waals surface area (Å²) in [5.41, 5.74) is 0.519.